The summed E-state index contributed by atoms with van der Waals surface area (Å²) in [5, 5.41) is 3.44. The molecule has 0 aliphatic carbocycles. The standard InChI is InChI=1S/C18H24ClN3O2/c1-3-8-20-18(23)15(2)22-11-9-21(10-12-22)13-14-24-17-6-4-16(19)5-7-17/h1,4-7,15H,8-14H2,2H3,(H,20,23). The second-order valence-corrected chi connectivity index (χ2v) is 6.21. The fourth-order valence-electron chi connectivity index (χ4n) is 2.65. The Hall–Kier alpha value is -1.74. The normalized spacial score (nSPS) is 17.0. The van der Waals surface area contributed by atoms with Gasteiger partial charge in [-0.15, -0.1) is 6.42 Å². The van der Waals surface area contributed by atoms with E-state index in [1.165, 1.54) is 0 Å². The molecule has 0 spiro atoms. The summed E-state index contributed by atoms with van der Waals surface area (Å²) in [6.45, 7) is 7.30. The molecule has 1 N–H and O–H groups in total. The summed E-state index contributed by atoms with van der Waals surface area (Å²) in [6, 6.07) is 7.24. The largest absolute Gasteiger partial charge is 0.492 e. The zero-order valence-electron chi connectivity index (χ0n) is 14.0. The summed E-state index contributed by atoms with van der Waals surface area (Å²) < 4.78 is 5.72. The molecule has 1 aromatic rings. The minimum atomic E-state index is -0.147. The van der Waals surface area contributed by atoms with Gasteiger partial charge >= 0.3 is 0 Å². The van der Waals surface area contributed by atoms with Crippen molar-refractivity contribution in [1.82, 2.24) is 15.1 Å². The van der Waals surface area contributed by atoms with E-state index in [1.807, 2.05) is 31.2 Å². The number of amides is 1. The maximum atomic E-state index is 11.9. The Morgan fingerprint density at radius 3 is 2.62 bits per heavy atom. The molecule has 5 nitrogen and oxygen atoms in total. The number of hydrogen-bond acceptors (Lipinski definition) is 4. The van der Waals surface area contributed by atoms with Crippen LogP contribution in [0.15, 0.2) is 24.3 Å². The lowest BCUT2D eigenvalue weighted by molar-refractivity contribution is -0.126. The molecule has 0 aromatic heterocycles. The third-order valence-corrected chi connectivity index (χ3v) is 4.44. The molecule has 2 rings (SSSR count). The van der Waals surface area contributed by atoms with Crippen molar-refractivity contribution in [3.05, 3.63) is 29.3 Å². The van der Waals surface area contributed by atoms with E-state index in [9.17, 15) is 4.79 Å². The highest BCUT2D eigenvalue weighted by atomic mass is 35.5. The Morgan fingerprint density at radius 2 is 2.00 bits per heavy atom. The molecule has 130 valence electrons. The van der Waals surface area contributed by atoms with Crippen LogP contribution in [0, 0.1) is 12.3 Å². The van der Waals surface area contributed by atoms with Gasteiger partial charge in [0, 0.05) is 37.7 Å². The maximum Gasteiger partial charge on any atom is 0.237 e. The first-order valence-electron chi connectivity index (χ1n) is 8.16. The van der Waals surface area contributed by atoms with Crippen molar-refractivity contribution in [3.63, 3.8) is 0 Å². The van der Waals surface area contributed by atoms with Gasteiger partial charge in [0.15, 0.2) is 0 Å². The van der Waals surface area contributed by atoms with Crippen molar-refractivity contribution in [2.24, 2.45) is 0 Å². The zero-order valence-corrected chi connectivity index (χ0v) is 14.8. The number of nitrogens with one attached hydrogen (secondary N) is 1. The summed E-state index contributed by atoms with van der Waals surface area (Å²) >= 11 is 5.85. The average Bonchev–Trinajstić information content (AvgIpc) is 2.61. The average molecular weight is 350 g/mol. The molecule has 0 radical (unpaired) electrons. The van der Waals surface area contributed by atoms with Crippen molar-refractivity contribution in [2.45, 2.75) is 13.0 Å². The third-order valence-electron chi connectivity index (χ3n) is 4.19. The van der Waals surface area contributed by atoms with Crippen molar-refractivity contribution in [1.29, 1.82) is 0 Å². The van der Waals surface area contributed by atoms with Gasteiger partial charge in [0.1, 0.15) is 12.4 Å². The molecule has 1 heterocycles. The summed E-state index contributed by atoms with van der Waals surface area (Å²) in [7, 11) is 0. The van der Waals surface area contributed by atoms with Gasteiger partial charge in [0.05, 0.1) is 12.6 Å². The lowest BCUT2D eigenvalue weighted by Crippen LogP contribution is -2.54. The van der Waals surface area contributed by atoms with Gasteiger partial charge in [-0.25, -0.2) is 0 Å². The summed E-state index contributed by atoms with van der Waals surface area (Å²) in [5.41, 5.74) is 0. The van der Waals surface area contributed by atoms with Gasteiger partial charge in [0.25, 0.3) is 0 Å². The number of carbonyl (C=O) groups excluding carboxylic acids is 1. The Balaban J connectivity index is 1.66. The van der Waals surface area contributed by atoms with E-state index in [0.717, 1.165) is 38.5 Å². The first-order chi connectivity index (χ1) is 11.6. The van der Waals surface area contributed by atoms with E-state index in [0.29, 0.717) is 11.6 Å². The molecule has 1 atom stereocenters. The highest BCUT2D eigenvalue weighted by molar-refractivity contribution is 6.30. The van der Waals surface area contributed by atoms with Crippen LogP contribution in [0.4, 0.5) is 0 Å². The van der Waals surface area contributed by atoms with E-state index in [1.54, 1.807) is 0 Å². The van der Waals surface area contributed by atoms with Gasteiger partial charge in [-0.3, -0.25) is 14.6 Å². The number of hydrogen-bond donors (Lipinski definition) is 1. The SMILES string of the molecule is C#CCNC(=O)C(C)N1CCN(CCOc2ccc(Cl)cc2)CC1. The fraction of sp³-hybridized carbons (Fsp3) is 0.500. The van der Waals surface area contributed by atoms with Gasteiger partial charge in [-0.05, 0) is 31.2 Å². The summed E-state index contributed by atoms with van der Waals surface area (Å²) in [6.07, 6.45) is 5.17. The Labute approximate surface area is 148 Å². The van der Waals surface area contributed by atoms with Crippen LogP contribution in [0.5, 0.6) is 5.75 Å². The van der Waals surface area contributed by atoms with Crippen LogP contribution in [0.25, 0.3) is 0 Å². The molecular weight excluding hydrogens is 326 g/mol. The Kier molecular flexibility index (Phi) is 7.38. The summed E-state index contributed by atoms with van der Waals surface area (Å²) in [5.74, 6) is 3.25. The fourth-order valence-corrected chi connectivity index (χ4v) is 2.78. The summed E-state index contributed by atoms with van der Waals surface area (Å²) in [4.78, 5) is 16.5. The second-order valence-electron chi connectivity index (χ2n) is 5.78. The van der Waals surface area contributed by atoms with Crippen LogP contribution >= 0.6 is 11.6 Å². The highest BCUT2D eigenvalue weighted by Gasteiger charge is 2.25. The molecule has 1 aromatic carbocycles. The van der Waals surface area contributed by atoms with E-state index >= 15 is 0 Å². The van der Waals surface area contributed by atoms with Crippen molar-refractivity contribution in [2.75, 3.05) is 45.9 Å². The predicted molar refractivity (Wildman–Crippen MR) is 96.3 cm³/mol. The van der Waals surface area contributed by atoms with Crippen molar-refractivity contribution >= 4 is 17.5 Å². The van der Waals surface area contributed by atoms with Gasteiger partial charge in [-0.2, -0.15) is 0 Å². The van der Waals surface area contributed by atoms with Crippen LogP contribution in [0.1, 0.15) is 6.92 Å². The zero-order chi connectivity index (χ0) is 17.4. The Morgan fingerprint density at radius 1 is 1.33 bits per heavy atom. The molecule has 1 aliphatic rings. The number of rotatable bonds is 7. The quantitative estimate of drug-likeness (QED) is 0.757. The number of nitrogens with zero attached hydrogens (tertiary/aromatic N) is 2. The van der Waals surface area contributed by atoms with E-state index in [4.69, 9.17) is 22.8 Å². The monoisotopic (exact) mass is 349 g/mol. The van der Waals surface area contributed by atoms with Crippen LogP contribution in [-0.4, -0.2) is 67.6 Å². The number of halogens is 1. The molecule has 0 bridgehead atoms. The van der Waals surface area contributed by atoms with Crippen molar-refractivity contribution in [3.8, 4) is 18.1 Å². The molecule has 1 fully saturated rings. The molecule has 1 aliphatic heterocycles. The number of piperazine rings is 1. The van der Waals surface area contributed by atoms with E-state index in [2.05, 4.69) is 21.0 Å². The first-order valence-corrected chi connectivity index (χ1v) is 8.54. The van der Waals surface area contributed by atoms with Crippen LogP contribution in [0.3, 0.4) is 0 Å². The van der Waals surface area contributed by atoms with Crippen LogP contribution in [0.2, 0.25) is 5.02 Å². The molecule has 1 amide bonds. The molecular formula is C18H24ClN3O2. The van der Waals surface area contributed by atoms with E-state index < -0.39 is 0 Å². The maximum absolute atomic E-state index is 11.9. The molecule has 6 heteroatoms. The lowest BCUT2D eigenvalue weighted by atomic mass is 10.2. The molecule has 0 saturated carbocycles. The predicted octanol–water partition coefficient (Wildman–Crippen LogP) is 1.47. The lowest BCUT2D eigenvalue weighted by Gasteiger charge is -2.37. The molecule has 24 heavy (non-hydrogen) atoms. The number of benzene rings is 1. The second kappa shape index (κ2) is 9.53. The third kappa shape index (κ3) is 5.72. The minimum absolute atomic E-state index is 0.00697. The minimum Gasteiger partial charge on any atom is -0.492 e. The van der Waals surface area contributed by atoms with Gasteiger partial charge in [-0.1, -0.05) is 17.5 Å². The number of carbonyl (C=O) groups is 1. The van der Waals surface area contributed by atoms with Gasteiger partial charge < -0.3 is 10.1 Å². The van der Waals surface area contributed by atoms with Crippen LogP contribution in [-0.2, 0) is 4.79 Å². The number of ether oxygens (including phenoxy) is 1. The molecule has 1 saturated heterocycles. The van der Waals surface area contributed by atoms with Crippen LogP contribution < -0.4 is 10.1 Å². The van der Waals surface area contributed by atoms with E-state index in [-0.39, 0.29) is 18.5 Å². The Bertz CT molecular complexity index is 563. The smallest absolute Gasteiger partial charge is 0.237 e. The van der Waals surface area contributed by atoms with Gasteiger partial charge in [0.2, 0.25) is 5.91 Å². The first kappa shape index (κ1) is 18.6. The van der Waals surface area contributed by atoms with Crippen molar-refractivity contribution < 1.29 is 9.53 Å². The number of terminal acetylenes is 1. The highest BCUT2D eigenvalue weighted by Crippen LogP contribution is 2.15. The topological polar surface area (TPSA) is 44.8 Å². The molecule has 1 unspecified atom stereocenters.